The summed E-state index contributed by atoms with van der Waals surface area (Å²) in [7, 11) is 0. The Labute approximate surface area is 66.7 Å². The second-order valence-corrected chi connectivity index (χ2v) is 2.05. The Hall–Kier alpha value is -0.390. The van der Waals surface area contributed by atoms with Crippen LogP contribution in [0.5, 0.6) is 0 Å². The molecule has 0 saturated heterocycles. The highest BCUT2D eigenvalue weighted by Gasteiger charge is 1.87. The third kappa shape index (κ3) is 5.74. The van der Waals surface area contributed by atoms with Crippen molar-refractivity contribution < 1.29 is 0 Å². The van der Waals surface area contributed by atoms with Crippen LogP contribution in [0.3, 0.4) is 0 Å². The predicted octanol–water partition coefficient (Wildman–Crippen LogP) is -0.501. The van der Waals surface area contributed by atoms with E-state index in [-0.39, 0.29) is 0 Å². The molecule has 4 N–H and O–H groups in total. The van der Waals surface area contributed by atoms with Gasteiger partial charge in [0.15, 0.2) is 5.11 Å². The van der Waals surface area contributed by atoms with E-state index >= 15 is 0 Å². The smallest absolute Gasteiger partial charge is 0.195 e. The van der Waals surface area contributed by atoms with Gasteiger partial charge in [0.1, 0.15) is 0 Å². The first-order valence-corrected chi connectivity index (χ1v) is 3.73. The maximum absolute atomic E-state index is 4.84. The van der Waals surface area contributed by atoms with E-state index in [2.05, 4.69) is 21.7 Å². The van der Waals surface area contributed by atoms with Crippen molar-refractivity contribution in [3.8, 4) is 0 Å². The second-order valence-electron chi connectivity index (χ2n) is 1.64. The highest BCUT2D eigenvalue weighted by molar-refractivity contribution is 7.80. The largest absolute Gasteiger partial charge is 0.297 e. The zero-order valence-electron chi connectivity index (χ0n) is 6.32. The first-order chi connectivity index (χ1) is 4.81. The number of hydrogen-bond acceptors (Lipinski definition) is 3. The highest BCUT2D eigenvalue weighted by atomic mass is 32.1. The molecule has 60 valence electrons. The Morgan fingerprint density at radius 3 is 1.80 bits per heavy atom. The van der Waals surface area contributed by atoms with Gasteiger partial charge in [0.2, 0.25) is 0 Å². The number of hydrazine groups is 2. The molecule has 0 aliphatic carbocycles. The van der Waals surface area contributed by atoms with Gasteiger partial charge in [0.05, 0.1) is 0 Å². The van der Waals surface area contributed by atoms with Crippen LogP contribution in [0.15, 0.2) is 0 Å². The van der Waals surface area contributed by atoms with Crippen molar-refractivity contribution in [2.75, 3.05) is 13.1 Å². The third-order valence-electron chi connectivity index (χ3n) is 0.757. The Bertz CT molecular complexity index is 85.6. The minimum atomic E-state index is 0.559. The van der Waals surface area contributed by atoms with E-state index in [0.717, 1.165) is 13.1 Å². The van der Waals surface area contributed by atoms with Gasteiger partial charge in [0.25, 0.3) is 0 Å². The summed E-state index contributed by atoms with van der Waals surface area (Å²) < 4.78 is 0. The van der Waals surface area contributed by atoms with Crippen LogP contribution in [0.1, 0.15) is 13.8 Å². The Morgan fingerprint density at radius 2 is 1.50 bits per heavy atom. The molecule has 10 heavy (non-hydrogen) atoms. The monoisotopic (exact) mass is 162 g/mol. The molecule has 0 heterocycles. The summed E-state index contributed by atoms with van der Waals surface area (Å²) in [5, 5.41) is 0.559. The molecule has 0 bridgehead atoms. The molecule has 0 atom stereocenters. The molecule has 0 amide bonds. The molecule has 0 aliphatic rings. The van der Waals surface area contributed by atoms with Crippen molar-refractivity contribution in [3.05, 3.63) is 0 Å². The van der Waals surface area contributed by atoms with Crippen LogP contribution < -0.4 is 21.7 Å². The Morgan fingerprint density at radius 1 is 1.10 bits per heavy atom. The SMILES string of the molecule is CCNNC(=S)NNCC. The van der Waals surface area contributed by atoms with Gasteiger partial charge < -0.3 is 0 Å². The molecule has 0 aromatic rings. The molecule has 4 nitrogen and oxygen atoms in total. The first-order valence-electron chi connectivity index (χ1n) is 3.33. The second kappa shape index (κ2) is 6.73. The van der Waals surface area contributed by atoms with Crippen molar-refractivity contribution in [1.29, 1.82) is 0 Å². The van der Waals surface area contributed by atoms with Gasteiger partial charge in [-0.3, -0.25) is 10.9 Å². The van der Waals surface area contributed by atoms with E-state index in [0.29, 0.717) is 5.11 Å². The lowest BCUT2D eigenvalue weighted by atomic mass is 10.8. The minimum absolute atomic E-state index is 0.559. The van der Waals surface area contributed by atoms with Gasteiger partial charge in [-0.15, -0.1) is 0 Å². The van der Waals surface area contributed by atoms with Gasteiger partial charge in [-0.2, -0.15) is 0 Å². The summed E-state index contributed by atoms with van der Waals surface area (Å²) in [6, 6.07) is 0. The predicted molar refractivity (Wildman–Crippen MR) is 46.2 cm³/mol. The summed E-state index contributed by atoms with van der Waals surface area (Å²) >= 11 is 4.84. The van der Waals surface area contributed by atoms with E-state index in [9.17, 15) is 0 Å². The van der Waals surface area contributed by atoms with Crippen molar-refractivity contribution in [1.82, 2.24) is 21.7 Å². The van der Waals surface area contributed by atoms with Crippen LogP contribution in [0.2, 0.25) is 0 Å². The molecule has 5 heteroatoms. The lowest BCUT2D eigenvalue weighted by molar-refractivity contribution is 0.625. The molecular weight excluding hydrogens is 148 g/mol. The summed E-state index contributed by atoms with van der Waals surface area (Å²) in [4.78, 5) is 0. The summed E-state index contributed by atoms with van der Waals surface area (Å²) in [5.74, 6) is 0. The number of hydrogen-bond donors (Lipinski definition) is 4. The van der Waals surface area contributed by atoms with E-state index in [4.69, 9.17) is 12.2 Å². The molecule has 0 radical (unpaired) electrons. The van der Waals surface area contributed by atoms with E-state index < -0.39 is 0 Å². The van der Waals surface area contributed by atoms with Crippen molar-refractivity contribution in [2.24, 2.45) is 0 Å². The molecular formula is C5H14N4S. The van der Waals surface area contributed by atoms with Crippen LogP contribution in [0.25, 0.3) is 0 Å². The maximum Gasteiger partial charge on any atom is 0.195 e. The van der Waals surface area contributed by atoms with Crippen LogP contribution >= 0.6 is 12.2 Å². The van der Waals surface area contributed by atoms with Crippen LogP contribution in [-0.4, -0.2) is 18.2 Å². The topological polar surface area (TPSA) is 48.1 Å². The van der Waals surface area contributed by atoms with Gasteiger partial charge in [-0.1, -0.05) is 13.8 Å². The van der Waals surface area contributed by atoms with Gasteiger partial charge in [-0.05, 0) is 12.2 Å². The summed E-state index contributed by atoms with van der Waals surface area (Å²) in [6.07, 6.45) is 0. The molecule has 0 aromatic carbocycles. The van der Waals surface area contributed by atoms with E-state index in [1.54, 1.807) is 0 Å². The minimum Gasteiger partial charge on any atom is -0.297 e. The average molecular weight is 162 g/mol. The van der Waals surface area contributed by atoms with Crippen molar-refractivity contribution in [2.45, 2.75) is 13.8 Å². The molecule has 0 aromatic heterocycles. The highest BCUT2D eigenvalue weighted by Crippen LogP contribution is 1.57. The van der Waals surface area contributed by atoms with Crippen LogP contribution in [0.4, 0.5) is 0 Å². The standard InChI is InChI=1S/C5H14N4S/c1-3-6-8-5(10)9-7-4-2/h6-7H,3-4H2,1-2H3,(H2,8,9,10). The Kier molecular flexibility index (Phi) is 6.46. The zero-order chi connectivity index (χ0) is 7.82. The molecule has 0 rings (SSSR count). The molecule has 0 fully saturated rings. The average Bonchev–Trinajstić information content (AvgIpc) is 1.97. The fourth-order valence-electron chi connectivity index (χ4n) is 0.369. The van der Waals surface area contributed by atoms with Crippen LogP contribution in [0, 0.1) is 0 Å². The Balaban J connectivity index is 3.09. The van der Waals surface area contributed by atoms with Crippen LogP contribution in [-0.2, 0) is 0 Å². The number of nitrogens with one attached hydrogen (secondary N) is 4. The third-order valence-corrected chi connectivity index (χ3v) is 0.962. The van der Waals surface area contributed by atoms with Gasteiger partial charge >= 0.3 is 0 Å². The first kappa shape index (κ1) is 9.61. The zero-order valence-corrected chi connectivity index (χ0v) is 7.14. The quantitative estimate of drug-likeness (QED) is 0.332. The number of thiocarbonyl (C=S) groups is 1. The van der Waals surface area contributed by atoms with Gasteiger partial charge in [-0.25, -0.2) is 10.9 Å². The normalized spacial score (nSPS) is 9.00. The molecule has 0 spiro atoms. The summed E-state index contributed by atoms with van der Waals surface area (Å²) in [6.45, 7) is 5.66. The summed E-state index contributed by atoms with van der Waals surface area (Å²) in [5.41, 5.74) is 11.3. The van der Waals surface area contributed by atoms with Crippen molar-refractivity contribution in [3.63, 3.8) is 0 Å². The lowest BCUT2D eigenvalue weighted by Gasteiger charge is -2.09. The molecule has 0 unspecified atom stereocenters. The van der Waals surface area contributed by atoms with Gasteiger partial charge in [0, 0.05) is 13.1 Å². The number of rotatable bonds is 4. The van der Waals surface area contributed by atoms with E-state index in [1.807, 2.05) is 13.8 Å². The van der Waals surface area contributed by atoms with E-state index in [1.165, 1.54) is 0 Å². The fraction of sp³-hybridized carbons (Fsp3) is 0.800. The molecule has 0 saturated carbocycles. The maximum atomic E-state index is 4.84. The molecule has 0 aliphatic heterocycles. The lowest BCUT2D eigenvalue weighted by Crippen LogP contribution is -2.48. The fourth-order valence-corrected chi connectivity index (χ4v) is 0.513. The van der Waals surface area contributed by atoms with Crippen molar-refractivity contribution >= 4 is 17.3 Å².